The highest BCUT2D eigenvalue weighted by Gasteiger charge is 2.28. The van der Waals surface area contributed by atoms with E-state index in [4.69, 9.17) is 28.2 Å². The van der Waals surface area contributed by atoms with E-state index in [0.29, 0.717) is 34.9 Å². The molecule has 0 radical (unpaired) electrons. The first-order valence-electron chi connectivity index (χ1n) is 13.6. The van der Waals surface area contributed by atoms with Crippen molar-refractivity contribution in [2.45, 2.75) is 32.4 Å². The minimum atomic E-state index is -0.327. The Kier molecular flexibility index (Phi) is 7.86. The van der Waals surface area contributed by atoms with E-state index in [-0.39, 0.29) is 29.6 Å². The molecular weight excluding hydrogens is 573 g/mol. The van der Waals surface area contributed by atoms with Crippen LogP contribution in [0.25, 0.3) is 22.2 Å². The lowest BCUT2D eigenvalue weighted by Gasteiger charge is -2.32. The van der Waals surface area contributed by atoms with E-state index in [1.807, 2.05) is 71.2 Å². The maximum atomic E-state index is 14.0. The molecule has 2 aromatic carbocycles. The number of carbonyl (C=O) groups is 2. The van der Waals surface area contributed by atoms with Gasteiger partial charge in [0.15, 0.2) is 0 Å². The first-order valence-corrected chi connectivity index (χ1v) is 14.4. The molecule has 3 aromatic heterocycles. The summed E-state index contributed by atoms with van der Waals surface area (Å²) in [6, 6.07) is 18.7. The number of likely N-dealkylation sites (tertiary alicyclic amines) is 1. The van der Waals surface area contributed by atoms with Gasteiger partial charge in [-0.15, -0.1) is 5.10 Å². The number of halogens is 2. The van der Waals surface area contributed by atoms with Crippen molar-refractivity contribution in [3.63, 3.8) is 0 Å². The van der Waals surface area contributed by atoms with Crippen LogP contribution in [0.1, 0.15) is 50.9 Å². The minimum Gasteiger partial charge on any atom is -0.346 e. The molecule has 1 saturated heterocycles. The van der Waals surface area contributed by atoms with E-state index in [1.54, 1.807) is 12.1 Å². The molecule has 11 heteroatoms. The summed E-state index contributed by atoms with van der Waals surface area (Å²) >= 11 is 12.3. The summed E-state index contributed by atoms with van der Waals surface area (Å²) in [5.74, 6) is -0.337. The summed E-state index contributed by atoms with van der Waals surface area (Å²) in [6.45, 7) is 3.33. The lowest BCUT2D eigenvalue weighted by Crippen LogP contribution is -2.39. The SMILES string of the molecule is Cc1c(-c2cccc(Cl)c2)nc2ccccc2c1C(=O)N1CCC(n2cc(CNC(=O)c3cccnc3Cl)nn2)CC1. The normalized spacial score (nSPS) is 13.8. The molecule has 0 unspecified atom stereocenters. The zero-order valence-electron chi connectivity index (χ0n) is 22.8. The monoisotopic (exact) mass is 599 g/mol. The van der Waals surface area contributed by atoms with E-state index in [1.165, 1.54) is 6.20 Å². The summed E-state index contributed by atoms with van der Waals surface area (Å²) in [7, 11) is 0. The van der Waals surface area contributed by atoms with Crippen LogP contribution in [0.5, 0.6) is 0 Å². The van der Waals surface area contributed by atoms with Crippen LogP contribution >= 0.6 is 23.2 Å². The molecule has 9 nitrogen and oxygen atoms in total. The van der Waals surface area contributed by atoms with Crippen LogP contribution in [0.15, 0.2) is 73.1 Å². The number of hydrogen-bond donors (Lipinski definition) is 1. The second-order valence-electron chi connectivity index (χ2n) is 10.2. The molecule has 2 amide bonds. The molecule has 1 aliphatic rings. The number of aromatic nitrogens is 5. The molecule has 1 N–H and O–H groups in total. The Balaban J connectivity index is 1.15. The molecule has 0 atom stereocenters. The number of carbonyl (C=O) groups excluding carboxylic acids is 2. The van der Waals surface area contributed by atoms with Gasteiger partial charge in [0, 0.05) is 35.3 Å². The van der Waals surface area contributed by atoms with Gasteiger partial charge in [0.2, 0.25) is 0 Å². The highest BCUT2D eigenvalue weighted by atomic mass is 35.5. The quantitative estimate of drug-likeness (QED) is 0.243. The Hall–Kier alpha value is -4.34. The topological polar surface area (TPSA) is 106 Å². The Bertz CT molecular complexity index is 1800. The van der Waals surface area contributed by atoms with Gasteiger partial charge < -0.3 is 10.2 Å². The fraction of sp³-hybridized carbons (Fsp3) is 0.226. The molecule has 6 rings (SSSR count). The van der Waals surface area contributed by atoms with E-state index < -0.39 is 0 Å². The molecule has 42 heavy (non-hydrogen) atoms. The van der Waals surface area contributed by atoms with Gasteiger partial charge in [0.25, 0.3) is 11.8 Å². The highest BCUT2D eigenvalue weighted by molar-refractivity contribution is 6.32. The summed E-state index contributed by atoms with van der Waals surface area (Å²) in [6.07, 6.45) is 4.83. The minimum absolute atomic E-state index is 0.0103. The molecule has 1 aliphatic heterocycles. The zero-order chi connectivity index (χ0) is 29.2. The number of rotatable bonds is 6. The Morgan fingerprint density at radius 3 is 2.62 bits per heavy atom. The Labute approximate surface area is 252 Å². The lowest BCUT2D eigenvalue weighted by atomic mass is 9.95. The average molecular weight is 601 g/mol. The van der Waals surface area contributed by atoms with E-state index >= 15 is 0 Å². The van der Waals surface area contributed by atoms with Crippen LogP contribution in [0.2, 0.25) is 10.2 Å². The number of hydrogen-bond acceptors (Lipinski definition) is 6. The van der Waals surface area contributed by atoms with Crippen molar-refractivity contribution in [1.29, 1.82) is 0 Å². The van der Waals surface area contributed by atoms with Crippen LogP contribution in [0.3, 0.4) is 0 Å². The van der Waals surface area contributed by atoms with Crippen LogP contribution in [-0.4, -0.2) is 54.8 Å². The number of benzene rings is 2. The third-order valence-corrected chi connectivity index (χ3v) is 8.10. The predicted octanol–water partition coefficient (Wildman–Crippen LogP) is 5.91. The van der Waals surface area contributed by atoms with Gasteiger partial charge in [-0.3, -0.25) is 9.59 Å². The van der Waals surface area contributed by atoms with Gasteiger partial charge in [-0.05, 0) is 55.7 Å². The molecule has 0 saturated carbocycles. The number of nitrogens with one attached hydrogen (secondary N) is 1. The Morgan fingerprint density at radius 1 is 1.02 bits per heavy atom. The molecule has 4 heterocycles. The average Bonchev–Trinajstić information content (AvgIpc) is 3.49. The maximum Gasteiger partial charge on any atom is 0.254 e. The highest BCUT2D eigenvalue weighted by Crippen LogP contribution is 2.33. The number of nitrogens with zero attached hydrogens (tertiary/aromatic N) is 6. The predicted molar refractivity (Wildman–Crippen MR) is 162 cm³/mol. The van der Waals surface area contributed by atoms with Gasteiger partial charge in [-0.25, -0.2) is 14.6 Å². The smallest absolute Gasteiger partial charge is 0.254 e. The van der Waals surface area contributed by atoms with Crippen molar-refractivity contribution in [1.82, 2.24) is 35.2 Å². The summed E-state index contributed by atoms with van der Waals surface area (Å²) in [4.78, 5) is 37.2. The zero-order valence-corrected chi connectivity index (χ0v) is 24.3. The third kappa shape index (κ3) is 5.57. The largest absolute Gasteiger partial charge is 0.346 e. The number of piperidine rings is 1. The first kappa shape index (κ1) is 27.8. The molecule has 1 fully saturated rings. The maximum absolute atomic E-state index is 14.0. The van der Waals surface area contributed by atoms with Crippen LogP contribution < -0.4 is 5.32 Å². The van der Waals surface area contributed by atoms with Crippen molar-refractivity contribution in [3.05, 3.63) is 106 Å². The number of para-hydroxylation sites is 1. The van der Waals surface area contributed by atoms with Crippen molar-refractivity contribution in [2.75, 3.05) is 13.1 Å². The summed E-state index contributed by atoms with van der Waals surface area (Å²) in [5.41, 5.74) is 4.84. The molecule has 212 valence electrons. The van der Waals surface area contributed by atoms with Gasteiger partial charge in [-0.2, -0.15) is 0 Å². The van der Waals surface area contributed by atoms with Crippen LogP contribution in [0.4, 0.5) is 0 Å². The van der Waals surface area contributed by atoms with Crippen LogP contribution in [0, 0.1) is 6.92 Å². The molecular formula is C31H27Cl2N7O2. The molecule has 0 aliphatic carbocycles. The first-order chi connectivity index (χ1) is 20.4. The van der Waals surface area contributed by atoms with E-state index in [2.05, 4.69) is 20.6 Å². The number of fused-ring (bicyclic) bond motifs is 1. The number of amides is 2. The summed E-state index contributed by atoms with van der Waals surface area (Å²) in [5, 5.41) is 12.9. The van der Waals surface area contributed by atoms with Crippen molar-refractivity contribution in [2.24, 2.45) is 0 Å². The lowest BCUT2D eigenvalue weighted by molar-refractivity contribution is 0.0690. The summed E-state index contributed by atoms with van der Waals surface area (Å²) < 4.78 is 1.82. The van der Waals surface area contributed by atoms with Gasteiger partial charge in [0.1, 0.15) is 10.8 Å². The fourth-order valence-corrected chi connectivity index (χ4v) is 5.78. The van der Waals surface area contributed by atoms with Gasteiger partial charge >= 0.3 is 0 Å². The van der Waals surface area contributed by atoms with Gasteiger partial charge in [0.05, 0.1) is 41.1 Å². The van der Waals surface area contributed by atoms with E-state index in [0.717, 1.165) is 40.6 Å². The fourth-order valence-electron chi connectivity index (χ4n) is 5.39. The van der Waals surface area contributed by atoms with E-state index in [9.17, 15) is 9.59 Å². The Morgan fingerprint density at radius 2 is 1.83 bits per heavy atom. The van der Waals surface area contributed by atoms with Crippen LogP contribution in [-0.2, 0) is 6.54 Å². The number of pyridine rings is 2. The van der Waals surface area contributed by atoms with Crippen molar-refractivity contribution >= 4 is 45.9 Å². The molecule has 5 aromatic rings. The van der Waals surface area contributed by atoms with Gasteiger partial charge in [-0.1, -0.05) is 58.7 Å². The van der Waals surface area contributed by atoms with Crippen molar-refractivity contribution < 1.29 is 9.59 Å². The van der Waals surface area contributed by atoms with Crippen molar-refractivity contribution in [3.8, 4) is 11.3 Å². The third-order valence-electron chi connectivity index (χ3n) is 7.57. The molecule has 0 bridgehead atoms. The second kappa shape index (κ2) is 11.9. The standard InChI is InChI=1S/C31H27Cl2N7O2/c1-19-27(24-8-2-3-10-26(24)36-28(19)20-6-4-7-21(32)16-20)31(42)39-14-11-23(12-15-39)40-18-22(37-38-40)17-35-30(41)25-9-5-13-34-29(25)33/h2-10,13,16,18,23H,11-12,14-15,17H2,1H3,(H,35,41). The molecule has 0 spiro atoms. The second-order valence-corrected chi connectivity index (χ2v) is 11.0.